The van der Waals surface area contributed by atoms with E-state index in [0.717, 1.165) is 24.0 Å². The molecule has 0 radical (unpaired) electrons. The Balaban J connectivity index is 1.31. The number of rotatable bonds is 9. The third-order valence-electron chi connectivity index (χ3n) is 6.83. The third kappa shape index (κ3) is 6.88. The maximum atomic E-state index is 12.9. The van der Waals surface area contributed by atoms with Crippen LogP contribution in [0.5, 0.6) is 0 Å². The van der Waals surface area contributed by atoms with Crippen LogP contribution in [0.3, 0.4) is 0 Å². The number of amides is 2. The first-order valence-corrected chi connectivity index (χ1v) is 13.0. The molecular formula is C30H33ClN2O3. The highest BCUT2D eigenvalue weighted by atomic mass is 35.5. The Labute approximate surface area is 218 Å². The molecule has 0 spiro atoms. The minimum atomic E-state index is -0.746. The molecule has 3 aromatic rings. The smallest absolute Gasteiger partial charge is 0.408 e. The van der Waals surface area contributed by atoms with Gasteiger partial charge in [0.2, 0.25) is 5.91 Å². The predicted octanol–water partition coefficient (Wildman–Crippen LogP) is 6.15. The molecule has 0 saturated carbocycles. The van der Waals surface area contributed by atoms with Gasteiger partial charge < -0.3 is 15.0 Å². The lowest BCUT2D eigenvalue weighted by Crippen LogP contribution is -2.48. The van der Waals surface area contributed by atoms with Crippen molar-refractivity contribution < 1.29 is 14.3 Å². The van der Waals surface area contributed by atoms with E-state index in [9.17, 15) is 9.59 Å². The molecule has 6 heteroatoms. The van der Waals surface area contributed by atoms with Crippen LogP contribution in [0.4, 0.5) is 4.79 Å². The standard InChI is InChI=1S/C30H33ClN2O3/c31-27-16-8-7-13-25(27)17-18-28(34)33-22-19-30(20-23-33,26-14-5-2-6-15-26)36-29(35)32-21-9-12-24-10-3-1-4-11-24/h1-8,10-11,13-16H,9,12,17-23H2,(H,32,35). The average molecular weight is 505 g/mol. The fourth-order valence-corrected chi connectivity index (χ4v) is 4.98. The summed E-state index contributed by atoms with van der Waals surface area (Å²) in [4.78, 5) is 27.6. The summed E-state index contributed by atoms with van der Waals surface area (Å²) in [5, 5.41) is 3.61. The van der Waals surface area contributed by atoms with Crippen LogP contribution in [0.1, 0.15) is 42.4 Å². The molecule has 0 aliphatic carbocycles. The summed E-state index contributed by atoms with van der Waals surface area (Å²) in [6.07, 6.45) is 3.47. The molecule has 0 unspecified atom stereocenters. The van der Waals surface area contributed by atoms with E-state index in [1.807, 2.05) is 77.7 Å². The zero-order valence-electron chi connectivity index (χ0n) is 20.5. The van der Waals surface area contributed by atoms with Crippen molar-refractivity contribution in [3.05, 3.63) is 107 Å². The molecule has 5 nitrogen and oxygen atoms in total. The molecule has 1 N–H and O–H groups in total. The summed E-state index contributed by atoms with van der Waals surface area (Å²) in [6, 6.07) is 27.7. The number of hydrogen-bond acceptors (Lipinski definition) is 3. The van der Waals surface area contributed by atoms with E-state index in [1.54, 1.807) is 0 Å². The number of piperidine rings is 1. The highest BCUT2D eigenvalue weighted by Crippen LogP contribution is 2.37. The zero-order valence-corrected chi connectivity index (χ0v) is 21.3. The molecule has 36 heavy (non-hydrogen) atoms. The van der Waals surface area contributed by atoms with Crippen LogP contribution in [0, 0.1) is 0 Å². The Morgan fingerprint density at radius 3 is 2.19 bits per heavy atom. The lowest BCUT2D eigenvalue weighted by atomic mass is 9.84. The minimum absolute atomic E-state index is 0.0990. The van der Waals surface area contributed by atoms with Crippen molar-refractivity contribution in [2.24, 2.45) is 0 Å². The van der Waals surface area contributed by atoms with Crippen molar-refractivity contribution in [2.75, 3.05) is 19.6 Å². The number of benzene rings is 3. The summed E-state index contributed by atoms with van der Waals surface area (Å²) in [5.41, 5.74) is 2.45. The number of carbonyl (C=O) groups is 2. The maximum Gasteiger partial charge on any atom is 0.408 e. The molecule has 1 aliphatic heterocycles. The lowest BCUT2D eigenvalue weighted by molar-refractivity contribution is -0.135. The second-order valence-electron chi connectivity index (χ2n) is 9.24. The van der Waals surface area contributed by atoms with Crippen molar-refractivity contribution >= 4 is 23.6 Å². The van der Waals surface area contributed by atoms with Crippen LogP contribution in [-0.2, 0) is 28.0 Å². The molecule has 0 bridgehead atoms. The molecule has 188 valence electrons. The van der Waals surface area contributed by atoms with E-state index in [-0.39, 0.29) is 5.91 Å². The van der Waals surface area contributed by atoms with Gasteiger partial charge in [0.05, 0.1) is 0 Å². The van der Waals surface area contributed by atoms with Crippen molar-refractivity contribution in [2.45, 2.75) is 44.1 Å². The zero-order chi connectivity index (χ0) is 25.2. The van der Waals surface area contributed by atoms with Crippen LogP contribution in [0.25, 0.3) is 0 Å². The topological polar surface area (TPSA) is 58.6 Å². The monoisotopic (exact) mass is 504 g/mol. The maximum absolute atomic E-state index is 12.9. The third-order valence-corrected chi connectivity index (χ3v) is 7.20. The number of likely N-dealkylation sites (tertiary alicyclic amines) is 1. The van der Waals surface area contributed by atoms with Crippen LogP contribution in [0.15, 0.2) is 84.9 Å². The summed E-state index contributed by atoms with van der Waals surface area (Å²) in [5.74, 6) is 0.0990. The molecule has 1 saturated heterocycles. The first kappa shape index (κ1) is 25.8. The molecule has 1 heterocycles. The average Bonchev–Trinajstić information content (AvgIpc) is 2.92. The van der Waals surface area contributed by atoms with Crippen molar-refractivity contribution in [3.63, 3.8) is 0 Å². The van der Waals surface area contributed by atoms with Gasteiger partial charge in [-0.3, -0.25) is 4.79 Å². The van der Waals surface area contributed by atoms with Gasteiger partial charge in [0.15, 0.2) is 0 Å². The molecule has 4 rings (SSSR count). The van der Waals surface area contributed by atoms with Crippen molar-refractivity contribution in [1.29, 1.82) is 0 Å². The first-order chi connectivity index (χ1) is 17.6. The molecule has 2 amide bonds. The Hall–Kier alpha value is -3.31. The van der Waals surface area contributed by atoms with Gasteiger partial charge in [-0.2, -0.15) is 0 Å². The normalized spacial score (nSPS) is 14.8. The largest absolute Gasteiger partial charge is 0.438 e. The Morgan fingerprint density at radius 1 is 0.861 bits per heavy atom. The highest BCUT2D eigenvalue weighted by molar-refractivity contribution is 6.31. The fourth-order valence-electron chi connectivity index (χ4n) is 4.75. The van der Waals surface area contributed by atoms with Gasteiger partial charge in [0.1, 0.15) is 5.60 Å². The van der Waals surface area contributed by atoms with Gasteiger partial charge in [-0.05, 0) is 42.0 Å². The van der Waals surface area contributed by atoms with Crippen LogP contribution >= 0.6 is 11.6 Å². The second kappa shape index (κ2) is 12.6. The van der Waals surface area contributed by atoms with E-state index < -0.39 is 11.7 Å². The number of alkyl carbamates (subject to hydrolysis) is 1. The van der Waals surface area contributed by atoms with E-state index in [4.69, 9.17) is 16.3 Å². The number of nitrogens with zero attached hydrogens (tertiary/aromatic N) is 1. The Kier molecular flexibility index (Phi) is 9.01. The quantitative estimate of drug-likeness (QED) is 0.355. The fraction of sp³-hybridized carbons (Fsp3) is 0.333. The lowest BCUT2D eigenvalue weighted by Gasteiger charge is -2.41. The second-order valence-corrected chi connectivity index (χ2v) is 9.65. The Bertz CT molecular complexity index is 1130. The SMILES string of the molecule is O=C(NCCCc1ccccc1)OC1(c2ccccc2)CCN(C(=O)CCc2ccccc2Cl)CC1. The summed E-state index contributed by atoms with van der Waals surface area (Å²) >= 11 is 6.24. The number of halogens is 1. The number of carbonyl (C=O) groups excluding carboxylic acids is 2. The molecule has 3 aromatic carbocycles. The summed E-state index contributed by atoms with van der Waals surface area (Å²) in [7, 11) is 0. The van der Waals surface area contributed by atoms with Crippen LogP contribution in [-0.4, -0.2) is 36.5 Å². The summed E-state index contributed by atoms with van der Waals surface area (Å²) in [6.45, 7) is 1.63. The van der Waals surface area contributed by atoms with Crippen LogP contribution < -0.4 is 5.32 Å². The minimum Gasteiger partial charge on any atom is -0.438 e. The predicted molar refractivity (Wildman–Crippen MR) is 143 cm³/mol. The van der Waals surface area contributed by atoms with E-state index >= 15 is 0 Å². The van der Waals surface area contributed by atoms with Gasteiger partial charge in [0, 0.05) is 43.9 Å². The van der Waals surface area contributed by atoms with Gasteiger partial charge in [-0.1, -0.05) is 90.5 Å². The van der Waals surface area contributed by atoms with E-state index in [0.29, 0.717) is 50.3 Å². The van der Waals surface area contributed by atoms with Crippen molar-refractivity contribution in [1.82, 2.24) is 10.2 Å². The van der Waals surface area contributed by atoms with Crippen molar-refractivity contribution in [3.8, 4) is 0 Å². The number of nitrogens with one attached hydrogen (secondary N) is 1. The van der Waals surface area contributed by atoms with E-state index in [1.165, 1.54) is 5.56 Å². The molecular weight excluding hydrogens is 472 g/mol. The number of ether oxygens (including phenoxy) is 1. The van der Waals surface area contributed by atoms with Gasteiger partial charge in [0.25, 0.3) is 0 Å². The summed E-state index contributed by atoms with van der Waals surface area (Å²) < 4.78 is 6.08. The molecule has 1 aliphatic rings. The number of aryl methyl sites for hydroxylation is 2. The molecule has 0 aromatic heterocycles. The first-order valence-electron chi connectivity index (χ1n) is 12.6. The van der Waals surface area contributed by atoms with Gasteiger partial charge >= 0.3 is 6.09 Å². The van der Waals surface area contributed by atoms with Gasteiger partial charge in [-0.15, -0.1) is 0 Å². The van der Waals surface area contributed by atoms with Gasteiger partial charge in [-0.25, -0.2) is 4.79 Å². The highest BCUT2D eigenvalue weighted by Gasteiger charge is 2.40. The number of hydrogen-bond donors (Lipinski definition) is 1. The molecule has 1 fully saturated rings. The molecule has 0 atom stereocenters. The van der Waals surface area contributed by atoms with E-state index in [2.05, 4.69) is 17.4 Å². The Morgan fingerprint density at radius 2 is 1.50 bits per heavy atom. The van der Waals surface area contributed by atoms with Crippen LogP contribution in [0.2, 0.25) is 5.02 Å².